The van der Waals surface area contributed by atoms with E-state index in [0.29, 0.717) is 10.6 Å². The van der Waals surface area contributed by atoms with Gasteiger partial charge in [0.05, 0.1) is 0 Å². The average Bonchev–Trinajstić information content (AvgIpc) is 2.40. The van der Waals surface area contributed by atoms with Crippen LogP contribution in [0.2, 0.25) is 5.02 Å². The smallest absolute Gasteiger partial charge is 0.160 e. The van der Waals surface area contributed by atoms with E-state index in [2.05, 4.69) is 11.8 Å². The quantitative estimate of drug-likeness (QED) is 0.789. The van der Waals surface area contributed by atoms with E-state index in [1.165, 1.54) is 6.07 Å². The van der Waals surface area contributed by atoms with E-state index in [4.69, 9.17) is 11.6 Å². The van der Waals surface area contributed by atoms with Crippen LogP contribution in [-0.2, 0) is 0 Å². The highest BCUT2D eigenvalue weighted by molar-refractivity contribution is 6.31. The highest BCUT2D eigenvalue weighted by Crippen LogP contribution is 2.21. The van der Waals surface area contributed by atoms with Crippen molar-refractivity contribution in [3.05, 3.63) is 70.2 Å². The van der Waals surface area contributed by atoms with E-state index in [1.54, 1.807) is 24.3 Å². The maximum Gasteiger partial charge on any atom is 0.160 e. The van der Waals surface area contributed by atoms with Crippen molar-refractivity contribution in [2.45, 2.75) is 6.10 Å². The summed E-state index contributed by atoms with van der Waals surface area (Å²) in [5.41, 5.74) is 0.754. The monoisotopic (exact) mass is 278 g/mol. The Kier molecular flexibility index (Phi) is 4.16. The van der Waals surface area contributed by atoms with E-state index >= 15 is 0 Å². The van der Waals surface area contributed by atoms with Crippen LogP contribution in [0.25, 0.3) is 0 Å². The van der Waals surface area contributed by atoms with Crippen molar-refractivity contribution in [2.75, 3.05) is 0 Å². The predicted molar refractivity (Wildman–Crippen MR) is 69.6 cm³/mol. The summed E-state index contributed by atoms with van der Waals surface area (Å²) in [6.07, 6.45) is -1.08. The molecule has 0 saturated carbocycles. The van der Waals surface area contributed by atoms with Gasteiger partial charge in [-0.05, 0) is 24.3 Å². The molecule has 1 atom stereocenters. The standard InChI is InChI=1S/C15H9ClF2O/c16-12-4-2-1-3-11(12)15(19)8-6-10-5-7-13(17)14(18)9-10/h1-5,7,9,15,19H. The molecule has 4 heteroatoms. The molecule has 0 saturated heterocycles. The van der Waals surface area contributed by atoms with Crippen LogP contribution in [0.1, 0.15) is 17.2 Å². The first kappa shape index (κ1) is 13.5. The summed E-state index contributed by atoms with van der Waals surface area (Å²) in [5.74, 6) is 3.20. The van der Waals surface area contributed by atoms with Gasteiger partial charge in [0.25, 0.3) is 0 Å². The third-order valence-corrected chi connectivity index (χ3v) is 2.82. The molecule has 0 amide bonds. The lowest BCUT2D eigenvalue weighted by atomic mass is 10.1. The molecule has 2 aromatic carbocycles. The molecule has 1 N–H and O–H groups in total. The van der Waals surface area contributed by atoms with Crippen molar-refractivity contribution in [1.29, 1.82) is 0 Å². The Morgan fingerprint density at radius 2 is 1.79 bits per heavy atom. The minimum atomic E-state index is -1.08. The number of hydrogen-bond donors (Lipinski definition) is 1. The van der Waals surface area contributed by atoms with Gasteiger partial charge in [-0.3, -0.25) is 0 Å². The number of aliphatic hydroxyl groups is 1. The second-order valence-corrected chi connectivity index (χ2v) is 4.23. The summed E-state index contributed by atoms with van der Waals surface area (Å²) < 4.78 is 25.7. The molecule has 0 heterocycles. The molecular formula is C15H9ClF2O. The maximum atomic E-state index is 13.0. The summed E-state index contributed by atoms with van der Waals surface area (Å²) in [5, 5.41) is 10.3. The van der Waals surface area contributed by atoms with Gasteiger partial charge in [-0.15, -0.1) is 0 Å². The summed E-state index contributed by atoms with van der Waals surface area (Å²) >= 11 is 5.91. The van der Waals surface area contributed by atoms with E-state index in [1.807, 2.05) is 0 Å². The van der Waals surface area contributed by atoms with Gasteiger partial charge in [-0.25, -0.2) is 8.78 Å². The first-order valence-electron chi connectivity index (χ1n) is 5.47. The SMILES string of the molecule is OC(C#Cc1ccc(F)c(F)c1)c1ccccc1Cl. The minimum Gasteiger partial charge on any atom is -0.376 e. The lowest BCUT2D eigenvalue weighted by Gasteiger charge is -2.05. The topological polar surface area (TPSA) is 20.2 Å². The fourth-order valence-electron chi connectivity index (χ4n) is 1.50. The molecule has 1 unspecified atom stereocenters. The Morgan fingerprint density at radius 3 is 2.47 bits per heavy atom. The molecule has 19 heavy (non-hydrogen) atoms. The third kappa shape index (κ3) is 3.31. The van der Waals surface area contributed by atoms with Gasteiger partial charge < -0.3 is 5.11 Å². The molecule has 0 bridgehead atoms. The molecule has 0 aliphatic heterocycles. The molecule has 2 aromatic rings. The lowest BCUT2D eigenvalue weighted by Crippen LogP contribution is -1.94. The normalized spacial score (nSPS) is 11.6. The summed E-state index contributed by atoms with van der Waals surface area (Å²) in [7, 11) is 0. The van der Waals surface area contributed by atoms with E-state index in [0.717, 1.165) is 12.1 Å². The van der Waals surface area contributed by atoms with Crippen LogP contribution < -0.4 is 0 Å². The Morgan fingerprint density at radius 1 is 1.05 bits per heavy atom. The van der Waals surface area contributed by atoms with E-state index in [-0.39, 0.29) is 5.56 Å². The number of hydrogen-bond acceptors (Lipinski definition) is 1. The van der Waals surface area contributed by atoms with Crippen LogP contribution in [-0.4, -0.2) is 5.11 Å². The van der Waals surface area contributed by atoms with E-state index < -0.39 is 17.7 Å². The largest absolute Gasteiger partial charge is 0.376 e. The van der Waals surface area contributed by atoms with Crippen molar-refractivity contribution < 1.29 is 13.9 Å². The van der Waals surface area contributed by atoms with Crippen LogP contribution in [0.5, 0.6) is 0 Å². The summed E-state index contributed by atoms with van der Waals surface area (Å²) in [4.78, 5) is 0. The summed E-state index contributed by atoms with van der Waals surface area (Å²) in [6.45, 7) is 0. The second kappa shape index (κ2) is 5.83. The van der Waals surface area contributed by atoms with Gasteiger partial charge in [0, 0.05) is 16.1 Å². The molecule has 0 radical (unpaired) electrons. The zero-order valence-corrected chi connectivity index (χ0v) is 10.5. The van der Waals surface area contributed by atoms with E-state index in [9.17, 15) is 13.9 Å². The van der Waals surface area contributed by atoms with Crippen LogP contribution in [0.3, 0.4) is 0 Å². The molecule has 0 aliphatic rings. The minimum absolute atomic E-state index is 0.282. The molecule has 0 spiro atoms. The van der Waals surface area contributed by atoms with Gasteiger partial charge in [0.2, 0.25) is 0 Å². The molecule has 1 nitrogen and oxygen atoms in total. The van der Waals surface area contributed by atoms with Crippen LogP contribution in [0.4, 0.5) is 8.78 Å². The van der Waals surface area contributed by atoms with Crippen molar-refractivity contribution in [3.63, 3.8) is 0 Å². The molecule has 0 fully saturated rings. The number of rotatable bonds is 1. The zero-order valence-electron chi connectivity index (χ0n) is 9.70. The van der Waals surface area contributed by atoms with Gasteiger partial charge in [-0.1, -0.05) is 41.6 Å². The number of halogens is 3. The molecule has 96 valence electrons. The fraction of sp³-hybridized carbons (Fsp3) is 0.0667. The van der Waals surface area contributed by atoms with Gasteiger partial charge in [0.15, 0.2) is 11.6 Å². The Balaban J connectivity index is 2.24. The molecule has 0 aliphatic carbocycles. The number of aliphatic hydroxyl groups excluding tert-OH is 1. The average molecular weight is 279 g/mol. The fourth-order valence-corrected chi connectivity index (χ4v) is 1.74. The van der Waals surface area contributed by atoms with Crippen molar-refractivity contribution in [1.82, 2.24) is 0 Å². The first-order chi connectivity index (χ1) is 9.08. The van der Waals surface area contributed by atoms with Gasteiger partial charge >= 0.3 is 0 Å². The highest BCUT2D eigenvalue weighted by atomic mass is 35.5. The molecular weight excluding hydrogens is 270 g/mol. The highest BCUT2D eigenvalue weighted by Gasteiger charge is 2.07. The molecule has 0 aromatic heterocycles. The second-order valence-electron chi connectivity index (χ2n) is 3.82. The van der Waals surface area contributed by atoms with Crippen LogP contribution in [0.15, 0.2) is 42.5 Å². The lowest BCUT2D eigenvalue weighted by molar-refractivity contribution is 0.238. The zero-order chi connectivity index (χ0) is 13.8. The van der Waals surface area contributed by atoms with Crippen molar-refractivity contribution in [3.8, 4) is 11.8 Å². The summed E-state index contributed by atoms with van der Waals surface area (Å²) in [6, 6.07) is 10.0. The van der Waals surface area contributed by atoms with Crippen molar-refractivity contribution >= 4 is 11.6 Å². The van der Waals surface area contributed by atoms with Crippen LogP contribution >= 0.6 is 11.6 Å². The van der Waals surface area contributed by atoms with Gasteiger partial charge in [0.1, 0.15) is 6.10 Å². The number of benzene rings is 2. The molecule has 2 rings (SSSR count). The Hall–Kier alpha value is -1.89. The Bertz CT molecular complexity index is 659. The predicted octanol–water partition coefficient (Wildman–Crippen LogP) is 3.70. The van der Waals surface area contributed by atoms with Crippen LogP contribution in [0, 0.1) is 23.5 Å². The van der Waals surface area contributed by atoms with Gasteiger partial charge in [-0.2, -0.15) is 0 Å². The Labute approximate surface area is 114 Å². The van der Waals surface area contributed by atoms with Crippen molar-refractivity contribution in [2.24, 2.45) is 0 Å². The first-order valence-corrected chi connectivity index (χ1v) is 5.85. The third-order valence-electron chi connectivity index (χ3n) is 2.47. The maximum absolute atomic E-state index is 13.0.